The summed E-state index contributed by atoms with van der Waals surface area (Å²) in [4.78, 5) is 27.1. The van der Waals surface area contributed by atoms with Crippen molar-refractivity contribution in [1.29, 1.82) is 0 Å². The lowest BCUT2D eigenvalue weighted by Gasteiger charge is -2.24. The van der Waals surface area contributed by atoms with E-state index in [9.17, 15) is 22.8 Å². The summed E-state index contributed by atoms with van der Waals surface area (Å²) in [6.45, 7) is 2.88. The summed E-state index contributed by atoms with van der Waals surface area (Å²) < 4.78 is 38.2. The van der Waals surface area contributed by atoms with Crippen molar-refractivity contribution in [3.8, 4) is 0 Å². The number of likely N-dealkylation sites (N-methyl/N-ethyl adjacent to an activating group) is 1. The summed E-state index contributed by atoms with van der Waals surface area (Å²) in [6.07, 6.45) is -4.40. The van der Waals surface area contributed by atoms with Gasteiger partial charge in [0, 0.05) is 0 Å². The molecule has 1 saturated heterocycles. The molecule has 2 atom stereocenters. The van der Waals surface area contributed by atoms with Crippen molar-refractivity contribution in [3.05, 3.63) is 35.4 Å². The number of rotatable bonds is 6. The maximum absolute atomic E-state index is 12.7. The molecule has 144 valence electrons. The molecule has 26 heavy (non-hydrogen) atoms. The Morgan fingerprint density at radius 2 is 1.88 bits per heavy atom. The number of nitrogens with one attached hydrogen (secondary N) is 2. The Morgan fingerprint density at radius 3 is 2.42 bits per heavy atom. The Labute approximate surface area is 154 Å². The molecule has 2 amide bonds. The minimum atomic E-state index is -4.40. The molecular weight excluding hydrogens is 367 g/mol. The van der Waals surface area contributed by atoms with E-state index in [1.807, 2.05) is 14.1 Å². The number of alkyl halides is 3. The summed E-state index contributed by atoms with van der Waals surface area (Å²) >= 11 is 1.33. The van der Waals surface area contributed by atoms with E-state index in [2.05, 4.69) is 5.32 Å². The third-order valence-electron chi connectivity index (χ3n) is 4.03. The van der Waals surface area contributed by atoms with Crippen LogP contribution in [0.5, 0.6) is 0 Å². The van der Waals surface area contributed by atoms with Gasteiger partial charge in [-0.3, -0.25) is 9.59 Å². The average Bonchev–Trinajstić information content (AvgIpc) is 2.82. The fraction of sp³-hybridized carbons (Fsp3) is 0.529. The van der Waals surface area contributed by atoms with Gasteiger partial charge in [-0.25, -0.2) is 0 Å². The zero-order valence-electron chi connectivity index (χ0n) is 14.9. The van der Waals surface area contributed by atoms with Crippen LogP contribution in [0.3, 0.4) is 0 Å². The van der Waals surface area contributed by atoms with Gasteiger partial charge >= 0.3 is 6.18 Å². The fourth-order valence-electron chi connectivity index (χ4n) is 2.59. The zero-order chi connectivity index (χ0) is 19.5. The van der Waals surface area contributed by atoms with Crippen molar-refractivity contribution in [2.24, 2.45) is 0 Å². The van der Waals surface area contributed by atoms with Crippen molar-refractivity contribution in [2.75, 3.05) is 33.7 Å². The van der Waals surface area contributed by atoms with Gasteiger partial charge in [-0.1, -0.05) is 12.1 Å². The van der Waals surface area contributed by atoms with E-state index in [1.165, 1.54) is 33.7 Å². The molecule has 1 aromatic rings. The third-order valence-corrected chi connectivity index (χ3v) is 5.43. The number of halogens is 3. The SMILES string of the molecule is C[C@H]1S[C@H](c2ccc(C(F)(F)F)cc2)N(CC(=O)NCC[NH+](C)C)C1=O. The van der Waals surface area contributed by atoms with Crippen molar-refractivity contribution in [1.82, 2.24) is 10.2 Å². The first kappa shape index (κ1) is 20.6. The first-order chi connectivity index (χ1) is 12.1. The molecule has 1 heterocycles. The molecule has 0 unspecified atom stereocenters. The van der Waals surface area contributed by atoms with Crippen LogP contribution in [-0.2, 0) is 15.8 Å². The van der Waals surface area contributed by atoms with Crippen LogP contribution in [0.25, 0.3) is 0 Å². The van der Waals surface area contributed by atoms with Gasteiger partial charge < -0.3 is 15.1 Å². The molecule has 0 bridgehead atoms. The Kier molecular flexibility index (Phi) is 6.57. The molecule has 0 radical (unpaired) electrons. The Bertz CT molecular complexity index is 650. The molecule has 0 aromatic heterocycles. The van der Waals surface area contributed by atoms with E-state index in [0.29, 0.717) is 12.1 Å². The molecule has 2 rings (SSSR count). The quantitative estimate of drug-likeness (QED) is 0.760. The second kappa shape index (κ2) is 8.30. The molecule has 0 aliphatic carbocycles. The highest BCUT2D eigenvalue weighted by molar-refractivity contribution is 8.01. The number of carbonyl (C=O) groups is 2. The average molecular weight is 390 g/mol. The van der Waals surface area contributed by atoms with Gasteiger partial charge in [0.2, 0.25) is 11.8 Å². The van der Waals surface area contributed by atoms with Gasteiger partial charge in [0.25, 0.3) is 0 Å². The second-order valence-corrected chi connectivity index (χ2v) is 7.95. The maximum Gasteiger partial charge on any atom is 0.416 e. The molecule has 1 fully saturated rings. The normalized spacial score (nSPS) is 20.7. The van der Waals surface area contributed by atoms with Crippen LogP contribution in [0.2, 0.25) is 0 Å². The van der Waals surface area contributed by atoms with Crippen LogP contribution in [-0.4, -0.2) is 55.7 Å². The summed E-state index contributed by atoms with van der Waals surface area (Å²) in [6, 6.07) is 4.74. The van der Waals surface area contributed by atoms with Gasteiger partial charge in [0.05, 0.1) is 38.0 Å². The Morgan fingerprint density at radius 1 is 1.27 bits per heavy atom. The van der Waals surface area contributed by atoms with Crippen LogP contribution >= 0.6 is 11.8 Å². The highest BCUT2D eigenvalue weighted by Gasteiger charge is 2.39. The van der Waals surface area contributed by atoms with Crippen LogP contribution in [0.4, 0.5) is 13.2 Å². The maximum atomic E-state index is 12.7. The van der Waals surface area contributed by atoms with Crippen molar-refractivity contribution in [3.63, 3.8) is 0 Å². The second-order valence-electron chi connectivity index (χ2n) is 6.52. The van der Waals surface area contributed by atoms with Crippen LogP contribution < -0.4 is 10.2 Å². The standard InChI is InChI=1S/C17H22F3N3O2S/c1-11-15(25)23(10-14(24)21-8-9-22(2)3)16(26-11)12-4-6-13(7-5-12)17(18,19)20/h4-7,11,16H,8-10H2,1-3H3,(H,21,24)/p+1/t11-,16-/m1/s1. The molecular formula is C17H23F3N3O2S+. The van der Waals surface area contributed by atoms with E-state index < -0.39 is 17.1 Å². The molecule has 0 saturated carbocycles. The predicted molar refractivity (Wildman–Crippen MR) is 93.6 cm³/mol. The van der Waals surface area contributed by atoms with Crippen molar-refractivity contribution < 1.29 is 27.7 Å². The number of hydrogen-bond acceptors (Lipinski definition) is 3. The van der Waals surface area contributed by atoms with Gasteiger partial charge in [0.15, 0.2) is 0 Å². The fourth-order valence-corrected chi connectivity index (χ4v) is 3.87. The highest BCUT2D eigenvalue weighted by Crippen LogP contribution is 2.43. The van der Waals surface area contributed by atoms with E-state index in [4.69, 9.17) is 0 Å². The Balaban J connectivity index is 2.08. The minimum Gasteiger partial charge on any atom is -0.349 e. The summed E-state index contributed by atoms with van der Waals surface area (Å²) in [7, 11) is 3.93. The number of benzene rings is 1. The van der Waals surface area contributed by atoms with Crippen LogP contribution in [0.15, 0.2) is 24.3 Å². The Hall–Kier alpha value is -1.74. The molecule has 2 N–H and O–H groups in total. The number of nitrogens with zero attached hydrogens (tertiary/aromatic N) is 1. The van der Waals surface area contributed by atoms with Gasteiger partial charge in [-0.2, -0.15) is 13.2 Å². The largest absolute Gasteiger partial charge is 0.416 e. The van der Waals surface area contributed by atoms with Crippen LogP contribution in [0, 0.1) is 0 Å². The van der Waals surface area contributed by atoms with E-state index in [-0.39, 0.29) is 23.6 Å². The first-order valence-electron chi connectivity index (χ1n) is 8.28. The van der Waals surface area contributed by atoms with E-state index >= 15 is 0 Å². The summed E-state index contributed by atoms with van der Waals surface area (Å²) in [5, 5.41) is 1.95. The molecule has 1 aliphatic rings. The highest BCUT2D eigenvalue weighted by atomic mass is 32.2. The number of carbonyl (C=O) groups excluding carboxylic acids is 2. The van der Waals surface area contributed by atoms with E-state index in [0.717, 1.165) is 18.7 Å². The summed E-state index contributed by atoms with van der Waals surface area (Å²) in [5.74, 6) is -0.459. The zero-order valence-corrected chi connectivity index (χ0v) is 15.7. The predicted octanol–water partition coefficient (Wildman–Crippen LogP) is 0.929. The van der Waals surface area contributed by atoms with Gasteiger partial charge in [0.1, 0.15) is 11.9 Å². The first-order valence-corrected chi connectivity index (χ1v) is 9.22. The van der Waals surface area contributed by atoms with E-state index in [1.54, 1.807) is 6.92 Å². The topological polar surface area (TPSA) is 53.9 Å². The molecule has 1 aromatic carbocycles. The number of quaternary nitrogens is 1. The van der Waals surface area contributed by atoms with Gasteiger partial charge in [-0.15, -0.1) is 11.8 Å². The monoisotopic (exact) mass is 390 g/mol. The lowest BCUT2D eigenvalue weighted by molar-refractivity contribution is -0.856. The number of thioether (sulfide) groups is 1. The molecule has 0 spiro atoms. The lowest BCUT2D eigenvalue weighted by Crippen LogP contribution is -3.06. The van der Waals surface area contributed by atoms with Gasteiger partial charge in [-0.05, 0) is 24.6 Å². The molecule has 9 heteroatoms. The molecule has 1 aliphatic heterocycles. The smallest absolute Gasteiger partial charge is 0.349 e. The minimum absolute atomic E-state index is 0.107. The lowest BCUT2D eigenvalue weighted by atomic mass is 10.1. The number of amides is 2. The van der Waals surface area contributed by atoms with Crippen molar-refractivity contribution in [2.45, 2.75) is 23.7 Å². The number of hydrogen-bond donors (Lipinski definition) is 2. The molecule has 5 nitrogen and oxygen atoms in total. The van der Waals surface area contributed by atoms with Crippen LogP contribution in [0.1, 0.15) is 23.4 Å². The summed E-state index contributed by atoms with van der Waals surface area (Å²) in [5.41, 5.74) is -0.162. The third kappa shape index (κ3) is 5.14. The van der Waals surface area contributed by atoms with Crippen molar-refractivity contribution >= 4 is 23.6 Å².